The molecule has 3 rings (SSSR count). The van der Waals surface area contributed by atoms with Crippen LogP contribution in [-0.2, 0) is 4.43 Å². The Hall–Kier alpha value is -1.64. The van der Waals surface area contributed by atoms with Crippen LogP contribution in [-0.4, -0.2) is 15.6 Å². The van der Waals surface area contributed by atoms with Crippen LogP contribution in [0, 0.1) is 0 Å². The highest BCUT2D eigenvalue weighted by Gasteiger charge is 2.11. The van der Waals surface area contributed by atoms with Crippen LogP contribution in [0.15, 0.2) is 54.6 Å². The van der Waals surface area contributed by atoms with Gasteiger partial charge in [-0.25, -0.2) is 0 Å². The van der Waals surface area contributed by atoms with Crippen LogP contribution in [0.1, 0.15) is 6.92 Å². The topological polar surface area (TPSA) is 9.23 Å². The lowest BCUT2D eigenvalue weighted by Gasteiger charge is -2.14. The molecule has 1 atom stereocenters. The molecule has 0 saturated heterocycles. The molecule has 0 radical (unpaired) electrons. The molecule has 2 heteroatoms. The summed E-state index contributed by atoms with van der Waals surface area (Å²) in [7, 11) is -1.29. The lowest BCUT2D eigenvalue weighted by molar-refractivity contribution is 0.354. The third-order valence-electron chi connectivity index (χ3n) is 3.64. The molecular formula is C17H18OSi. The fraction of sp³-hybridized carbons (Fsp3) is 0.176. The van der Waals surface area contributed by atoms with Crippen LogP contribution in [0.25, 0.3) is 21.5 Å². The van der Waals surface area contributed by atoms with Crippen LogP contribution in [0.4, 0.5) is 0 Å². The van der Waals surface area contributed by atoms with Gasteiger partial charge in [0.1, 0.15) is 0 Å². The Balaban J connectivity index is 2.26. The molecule has 3 aromatic carbocycles. The van der Waals surface area contributed by atoms with Crippen molar-refractivity contribution in [2.45, 2.75) is 13.5 Å². The van der Waals surface area contributed by atoms with E-state index >= 15 is 0 Å². The van der Waals surface area contributed by atoms with Crippen LogP contribution in [0.5, 0.6) is 0 Å². The maximum Gasteiger partial charge on any atom is 0.205 e. The first-order valence-electron chi connectivity index (χ1n) is 6.82. The summed E-state index contributed by atoms with van der Waals surface area (Å²) in [5, 5.41) is 6.69. The van der Waals surface area contributed by atoms with E-state index in [1.165, 1.54) is 26.7 Å². The van der Waals surface area contributed by atoms with E-state index in [1.807, 2.05) is 0 Å². The van der Waals surface area contributed by atoms with Crippen molar-refractivity contribution in [1.82, 2.24) is 0 Å². The van der Waals surface area contributed by atoms with Gasteiger partial charge in [0.2, 0.25) is 9.04 Å². The molecule has 1 nitrogen and oxygen atoms in total. The molecule has 1 unspecified atom stereocenters. The van der Waals surface area contributed by atoms with Gasteiger partial charge in [-0.2, -0.15) is 0 Å². The predicted octanol–water partition coefficient (Wildman–Crippen LogP) is 3.59. The second-order valence-corrected chi connectivity index (χ2v) is 7.11. The summed E-state index contributed by atoms with van der Waals surface area (Å²) in [4.78, 5) is 0. The second-order valence-electron chi connectivity index (χ2n) is 4.87. The van der Waals surface area contributed by atoms with Gasteiger partial charge in [0, 0.05) is 6.61 Å². The highest BCUT2D eigenvalue weighted by molar-refractivity contribution is 6.68. The van der Waals surface area contributed by atoms with Gasteiger partial charge in [-0.1, -0.05) is 42.5 Å². The van der Waals surface area contributed by atoms with E-state index < -0.39 is 9.04 Å². The smallest absolute Gasteiger partial charge is 0.205 e. The van der Waals surface area contributed by atoms with E-state index in [2.05, 4.69) is 68.1 Å². The van der Waals surface area contributed by atoms with Gasteiger partial charge in [-0.15, -0.1) is 0 Å². The summed E-state index contributed by atoms with van der Waals surface area (Å²) >= 11 is 0. The number of hydrogen-bond acceptors (Lipinski definition) is 1. The lowest BCUT2D eigenvalue weighted by Crippen LogP contribution is -2.30. The average Bonchev–Trinajstić information content (AvgIpc) is 2.44. The van der Waals surface area contributed by atoms with Crippen LogP contribution in [0.3, 0.4) is 0 Å². The van der Waals surface area contributed by atoms with Crippen molar-refractivity contribution in [3.63, 3.8) is 0 Å². The van der Waals surface area contributed by atoms with Crippen molar-refractivity contribution < 1.29 is 4.43 Å². The van der Waals surface area contributed by atoms with Crippen molar-refractivity contribution in [2.75, 3.05) is 6.61 Å². The maximum absolute atomic E-state index is 5.89. The van der Waals surface area contributed by atoms with Gasteiger partial charge in [-0.05, 0) is 52.3 Å². The minimum Gasteiger partial charge on any atom is -0.416 e. The van der Waals surface area contributed by atoms with E-state index in [4.69, 9.17) is 4.43 Å². The van der Waals surface area contributed by atoms with Gasteiger partial charge in [-0.3, -0.25) is 0 Å². The van der Waals surface area contributed by atoms with Crippen LogP contribution < -0.4 is 5.19 Å². The first-order chi connectivity index (χ1) is 9.29. The fourth-order valence-electron chi connectivity index (χ4n) is 2.69. The number of fused-ring (bicyclic) bond motifs is 2. The summed E-state index contributed by atoms with van der Waals surface area (Å²) in [6.07, 6.45) is 0. The molecule has 0 aliphatic carbocycles. The minimum absolute atomic E-state index is 0.803. The van der Waals surface area contributed by atoms with Gasteiger partial charge in [0.05, 0.1) is 0 Å². The molecule has 0 amide bonds. The molecular weight excluding hydrogens is 248 g/mol. The molecule has 19 heavy (non-hydrogen) atoms. The van der Waals surface area contributed by atoms with Crippen molar-refractivity contribution in [2.24, 2.45) is 0 Å². The summed E-state index contributed by atoms with van der Waals surface area (Å²) in [6.45, 7) is 5.13. The SMILES string of the molecule is CCO[SiH](C)c1cccc2cc3ccccc3cc12. The standard InChI is InChI=1S/C17H18OSi/c1-3-18-19(2)17-10-6-9-15-11-13-7-4-5-8-14(13)12-16(15)17/h4-12,19H,3H2,1-2H3. The third kappa shape index (κ3) is 2.29. The Morgan fingerprint density at radius 1 is 0.895 bits per heavy atom. The molecule has 0 N–H and O–H groups in total. The van der Waals surface area contributed by atoms with Gasteiger partial charge in [0.25, 0.3) is 0 Å². The molecule has 0 aromatic heterocycles. The van der Waals surface area contributed by atoms with Crippen molar-refractivity contribution in [3.05, 3.63) is 54.6 Å². The fourth-order valence-corrected chi connectivity index (χ4v) is 4.43. The van der Waals surface area contributed by atoms with Crippen molar-refractivity contribution >= 4 is 35.8 Å². The highest BCUT2D eigenvalue weighted by Crippen LogP contribution is 2.21. The molecule has 0 aliphatic rings. The quantitative estimate of drug-likeness (QED) is 0.520. The largest absolute Gasteiger partial charge is 0.416 e. The Bertz CT molecular complexity index is 721. The average molecular weight is 266 g/mol. The Labute approximate surface area is 115 Å². The highest BCUT2D eigenvalue weighted by atomic mass is 28.3. The summed E-state index contributed by atoms with van der Waals surface area (Å²) < 4.78 is 5.89. The van der Waals surface area contributed by atoms with Crippen LogP contribution >= 0.6 is 0 Å². The molecule has 0 heterocycles. The maximum atomic E-state index is 5.89. The monoisotopic (exact) mass is 266 g/mol. The van der Waals surface area contributed by atoms with Gasteiger partial charge < -0.3 is 4.43 Å². The Kier molecular flexibility index (Phi) is 3.36. The molecule has 0 saturated carbocycles. The molecule has 3 aromatic rings. The molecule has 0 spiro atoms. The zero-order valence-electron chi connectivity index (χ0n) is 11.4. The summed E-state index contributed by atoms with van der Waals surface area (Å²) in [5.41, 5.74) is 0. The van der Waals surface area contributed by atoms with Crippen molar-refractivity contribution in [3.8, 4) is 0 Å². The van der Waals surface area contributed by atoms with Gasteiger partial charge >= 0.3 is 0 Å². The summed E-state index contributed by atoms with van der Waals surface area (Å²) in [6, 6.07) is 19.7. The van der Waals surface area contributed by atoms with Gasteiger partial charge in [0.15, 0.2) is 0 Å². The van der Waals surface area contributed by atoms with E-state index in [9.17, 15) is 0 Å². The number of benzene rings is 3. The van der Waals surface area contributed by atoms with E-state index in [0.717, 1.165) is 6.61 Å². The Morgan fingerprint density at radius 2 is 1.58 bits per heavy atom. The Morgan fingerprint density at radius 3 is 2.32 bits per heavy atom. The first-order valence-corrected chi connectivity index (χ1v) is 9.03. The lowest BCUT2D eigenvalue weighted by atomic mass is 10.0. The number of rotatable bonds is 3. The van der Waals surface area contributed by atoms with E-state index in [0.29, 0.717) is 0 Å². The molecule has 0 aliphatic heterocycles. The summed E-state index contributed by atoms with van der Waals surface area (Å²) in [5.74, 6) is 0. The number of hydrogen-bond donors (Lipinski definition) is 0. The van der Waals surface area contributed by atoms with E-state index in [1.54, 1.807) is 0 Å². The first kappa shape index (κ1) is 12.4. The molecule has 0 bridgehead atoms. The normalized spacial score (nSPS) is 12.9. The zero-order valence-corrected chi connectivity index (χ0v) is 12.5. The van der Waals surface area contributed by atoms with Crippen LogP contribution in [0.2, 0.25) is 6.55 Å². The third-order valence-corrected chi connectivity index (χ3v) is 5.85. The zero-order chi connectivity index (χ0) is 13.2. The predicted molar refractivity (Wildman–Crippen MR) is 85.7 cm³/mol. The van der Waals surface area contributed by atoms with E-state index in [-0.39, 0.29) is 0 Å². The van der Waals surface area contributed by atoms with Crippen molar-refractivity contribution in [1.29, 1.82) is 0 Å². The molecule has 96 valence electrons. The molecule has 0 fully saturated rings. The second kappa shape index (κ2) is 5.15. The minimum atomic E-state index is -1.29.